The van der Waals surface area contributed by atoms with Crippen molar-refractivity contribution in [2.24, 2.45) is 5.92 Å². The van der Waals surface area contributed by atoms with Crippen molar-refractivity contribution in [1.82, 2.24) is 0 Å². The topological polar surface area (TPSA) is 50.1 Å². The van der Waals surface area contributed by atoms with Crippen molar-refractivity contribution in [3.63, 3.8) is 0 Å². The highest BCUT2D eigenvalue weighted by Gasteiger charge is 2.25. The molecule has 1 fully saturated rings. The molecular formula is C10H15NO2. The molecule has 72 valence electrons. The van der Waals surface area contributed by atoms with Crippen LogP contribution in [0.5, 0.6) is 0 Å². The Bertz CT molecular complexity index is 213. The fourth-order valence-corrected chi connectivity index (χ4v) is 1.84. The fourth-order valence-electron chi connectivity index (χ4n) is 1.84. The summed E-state index contributed by atoms with van der Waals surface area (Å²) in [6, 6.07) is 2.06. The Morgan fingerprint density at radius 3 is 2.54 bits per heavy atom. The molecule has 0 aromatic rings. The van der Waals surface area contributed by atoms with Gasteiger partial charge in [0.25, 0.3) is 0 Å². The van der Waals surface area contributed by atoms with Crippen LogP contribution in [0, 0.1) is 17.2 Å². The van der Waals surface area contributed by atoms with E-state index < -0.39 is 6.10 Å². The summed E-state index contributed by atoms with van der Waals surface area (Å²) in [7, 11) is 0. The molecule has 0 radical (unpaired) electrons. The Morgan fingerprint density at radius 2 is 2.08 bits per heavy atom. The standard InChI is InChI=1S/C10H15NO2/c1-8(12)13-10(7-11)9-5-3-2-4-6-9/h9-10H,2-6H2,1H3/t10-/m0/s1. The van der Waals surface area contributed by atoms with Crippen LogP contribution in [0.15, 0.2) is 0 Å². The Kier molecular flexibility index (Phi) is 3.75. The van der Waals surface area contributed by atoms with E-state index in [2.05, 4.69) is 6.07 Å². The first-order valence-corrected chi connectivity index (χ1v) is 4.81. The molecule has 1 aliphatic carbocycles. The smallest absolute Gasteiger partial charge is 0.303 e. The van der Waals surface area contributed by atoms with Crippen LogP contribution >= 0.6 is 0 Å². The summed E-state index contributed by atoms with van der Waals surface area (Å²) in [5.74, 6) is -0.0835. The first-order valence-electron chi connectivity index (χ1n) is 4.81. The van der Waals surface area contributed by atoms with Gasteiger partial charge in [0.1, 0.15) is 6.07 Å². The zero-order valence-corrected chi connectivity index (χ0v) is 7.95. The predicted molar refractivity (Wildman–Crippen MR) is 47.7 cm³/mol. The summed E-state index contributed by atoms with van der Waals surface area (Å²) in [6.07, 6.45) is 5.08. The summed E-state index contributed by atoms with van der Waals surface area (Å²) in [5, 5.41) is 8.80. The molecule has 0 aliphatic heterocycles. The minimum absolute atomic E-state index is 0.266. The van der Waals surface area contributed by atoms with Gasteiger partial charge in [-0.05, 0) is 12.8 Å². The minimum Gasteiger partial charge on any atom is -0.447 e. The number of esters is 1. The number of ether oxygens (including phenoxy) is 1. The maximum atomic E-state index is 10.7. The molecule has 0 aromatic heterocycles. The summed E-state index contributed by atoms with van der Waals surface area (Å²) >= 11 is 0. The maximum Gasteiger partial charge on any atom is 0.303 e. The summed E-state index contributed by atoms with van der Waals surface area (Å²) < 4.78 is 4.94. The molecule has 13 heavy (non-hydrogen) atoms. The van der Waals surface area contributed by atoms with Gasteiger partial charge in [-0.1, -0.05) is 19.3 Å². The number of hydrogen-bond acceptors (Lipinski definition) is 3. The van der Waals surface area contributed by atoms with Gasteiger partial charge >= 0.3 is 5.97 Å². The molecular weight excluding hydrogens is 166 g/mol. The molecule has 1 rings (SSSR count). The Balaban J connectivity index is 2.45. The molecule has 0 saturated heterocycles. The van der Waals surface area contributed by atoms with E-state index in [1.165, 1.54) is 13.3 Å². The Morgan fingerprint density at radius 1 is 1.46 bits per heavy atom. The van der Waals surface area contributed by atoms with Crippen molar-refractivity contribution in [1.29, 1.82) is 5.26 Å². The molecule has 0 bridgehead atoms. The van der Waals surface area contributed by atoms with Crippen LogP contribution in [0.1, 0.15) is 39.0 Å². The van der Waals surface area contributed by atoms with E-state index in [-0.39, 0.29) is 11.9 Å². The van der Waals surface area contributed by atoms with Crippen LogP contribution in [0.2, 0.25) is 0 Å². The number of rotatable bonds is 2. The lowest BCUT2D eigenvalue weighted by atomic mass is 9.86. The molecule has 0 spiro atoms. The summed E-state index contributed by atoms with van der Waals surface area (Å²) in [5.41, 5.74) is 0. The van der Waals surface area contributed by atoms with E-state index >= 15 is 0 Å². The van der Waals surface area contributed by atoms with Crippen molar-refractivity contribution < 1.29 is 9.53 Å². The number of carbonyl (C=O) groups excluding carboxylic acids is 1. The second-order valence-electron chi connectivity index (χ2n) is 3.56. The molecule has 1 saturated carbocycles. The van der Waals surface area contributed by atoms with E-state index in [1.807, 2.05) is 0 Å². The van der Waals surface area contributed by atoms with Crippen LogP contribution in [-0.4, -0.2) is 12.1 Å². The number of nitrogens with zero attached hydrogens (tertiary/aromatic N) is 1. The fraction of sp³-hybridized carbons (Fsp3) is 0.800. The van der Waals surface area contributed by atoms with Crippen molar-refractivity contribution in [2.75, 3.05) is 0 Å². The Hall–Kier alpha value is -1.04. The van der Waals surface area contributed by atoms with Gasteiger partial charge in [0.05, 0.1) is 0 Å². The average Bonchev–Trinajstić information content (AvgIpc) is 2.15. The van der Waals surface area contributed by atoms with Crippen molar-refractivity contribution >= 4 is 5.97 Å². The third kappa shape index (κ3) is 3.06. The van der Waals surface area contributed by atoms with E-state index in [4.69, 9.17) is 10.00 Å². The molecule has 1 aliphatic rings. The van der Waals surface area contributed by atoms with E-state index in [0.29, 0.717) is 0 Å². The molecule has 0 amide bonds. The minimum atomic E-state index is -0.516. The van der Waals surface area contributed by atoms with E-state index in [0.717, 1.165) is 25.7 Å². The van der Waals surface area contributed by atoms with Crippen molar-refractivity contribution in [3.05, 3.63) is 0 Å². The third-order valence-electron chi connectivity index (χ3n) is 2.50. The normalized spacial score (nSPS) is 20.3. The van der Waals surface area contributed by atoms with Crippen LogP contribution in [0.25, 0.3) is 0 Å². The lowest BCUT2D eigenvalue weighted by molar-refractivity contribution is -0.146. The SMILES string of the molecule is CC(=O)O[C@@H](C#N)C1CCCCC1. The van der Waals surface area contributed by atoms with Crippen LogP contribution in [-0.2, 0) is 9.53 Å². The van der Waals surface area contributed by atoms with Crippen LogP contribution in [0.3, 0.4) is 0 Å². The highest BCUT2D eigenvalue weighted by Crippen LogP contribution is 2.27. The van der Waals surface area contributed by atoms with Gasteiger partial charge < -0.3 is 4.74 Å². The summed E-state index contributed by atoms with van der Waals surface area (Å²) in [6.45, 7) is 1.35. The maximum absolute atomic E-state index is 10.7. The van der Waals surface area contributed by atoms with Crippen molar-refractivity contribution in [2.45, 2.75) is 45.1 Å². The van der Waals surface area contributed by atoms with Gasteiger partial charge in [0.15, 0.2) is 6.10 Å². The third-order valence-corrected chi connectivity index (χ3v) is 2.50. The van der Waals surface area contributed by atoms with Gasteiger partial charge in [0, 0.05) is 12.8 Å². The molecule has 0 N–H and O–H groups in total. The van der Waals surface area contributed by atoms with Crippen LogP contribution in [0.4, 0.5) is 0 Å². The van der Waals surface area contributed by atoms with Gasteiger partial charge in [-0.15, -0.1) is 0 Å². The zero-order chi connectivity index (χ0) is 9.68. The molecule has 3 heteroatoms. The van der Waals surface area contributed by atoms with Gasteiger partial charge in [-0.2, -0.15) is 5.26 Å². The molecule has 0 unspecified atom stereocenters. The molecule has 1 atom stereocenters. The average molecular weight is 181 g/mol. The quantitative estimate of drug-likeness (QED) is 0.612. The second-order valence-corrected chi connectivity index (χ2v) is 3.56. The van der Waals surface area contributed by atoms with E-state index in [1.54, 1.807) is 0 Å². The number of hydrogen-bond donors (Lipinski definition) is 0. The van der Waals surface area contributed by atoms with Gasteiger partial charge in [-0.25, -0.2) is 0 Å². The van der Waals surface area contributed by atoms with Crippen LogP contribution < -0.4 is 0 Å². The van der Waals surface area contributed by atoms with Gasteiger partial charge in [-0.3, -0.25) is 4.79 Å². The molecule has 0 heterocycles. The monoisotopic (exact) mass is 181 g/mol. The summed E-state index contributed by atoms with van der Waals surface area (Å²) in [4.78, 5) is 10.7. The highest BCUT2D eigenvalue weighted by molar-refractivity contribution is 5.66. The highest BCUT2D eigenvalue weighted by atomic mass is 16.5. The van der Waals surface area contributed by atoms with Crippen molar-refractivity contribution in [3.8, 4) is 6.07 Å². The first kappa shape index (κ1) is 10.0. The lowest BCUT2D eigenvalue weighted by Crippen LogP contribution is -2.26. The largest absolute Gasteiger partial charge is 0.447 e. The molecule has 0 aromatic carbocycles. The molecule has 3 nitrogen and oxygen atoms in total. The number of carbonyl (C=O) groups is 1. The Labute approximate surface area is 78.7 Å². The van der Waals surface area contributed by atoms with Gasteiger partial charge in [0.2, 0.25) is 0 Å². The van der Waals surface area contributed by atoms with E-state index in [9.17, 15) is 4.79 Å². The first-order chi connectivity index (χ1) is 6.24. The zero-order valence-electron chi connectivity index (χ0n) is 7.95. The predicted octanol–water partition coefficient (Wildman–Crippen LogP) is 2.02. The lowest BCUT2D eigenvalue weighted by Gasteiger charge is -2.24. The number of nitriles is 1. The second kappa shape index (κ2) is 4.86.